The number of ether oxygens (including phenoxy) is 2. The first-order chi connectivity index (χ1) is 17.2. The molecule has 2 atom stereocenters. The Labute approximate surface area is 212 Å². The van der Waals surface area contributed by atoms with E-state index < -0.39 is 46.7 Å². The van der Waals surface area contributed by atoms with Gasteiger partial charge in [0.2, 0.25) is 10.0 Å². The smallest absolute Gasteiger partial charge is 0.338 e. The van der Waals surface area contributed by atoms with Crippen molar-refractivity contribution in [1.82, 2.24) is 14.9 Å². The summed E-state index contributed by atoms with van der Waals surface area (Å²) in [6, 6.07) is 6.17. The Hall–Kier alpha value is -3.35. The third kappa shape index (κ3) is 5.25. The minimum Gasteiger partial charge on any atom is -0.467 e. The summed E-state index contributed by atoms with van der Waals surface area (Å²) in [6.07, 6.45) is 2.12. The quantitative estimate of drug-likeness (QED) is 0.489. The number of hydrogen-bond acceptors (Lipinski definition) is 8. The SMILES string of the molecule is CCOC(=O)C1=C(COC(=O)[C@@H]2CCCN2S(=O)(=O)c2ccc(Cl)cc2)NC(=O)N[C@H]1c1ccco1. The highest BCUT2D eigenvalue weighted by atomic mass is 35.5. The monoisotopic (exact) mass is 537 g/mol. The minimum absolute atomic E-state index is 0.00538. The van der Waals surface area contributed by atoms with Crippen LogP contribution in [0.1, 0.15) is 31.6 Å². The van der Waals surface area contributed by atoms with E-state index in [-0.39, 0.29) is 41.5 Å². The summed E-state index contributed by atoms with van der Waals surface area (Å²) in [5, 5.41) is 5.46. The van der Waals surface area contributed by atoms with Gasteiger partial charge in [0.1, 0.15) is 24.5 Å². The van der Waals surface area contributed by atoms with Gasteiger partial charge in [-0.05, 0) is 56.2 Å². The van der Waals surface area contributed by atoms with Crippen molar-refractivity contribution in [2.24, 2.45) is 0 Å². The van der Waals surface area contributed by atoms with E-state index in [1.165, 1.54) is 30.5 Å². The average molecular weight is 538 g/mol. The molecule has 0 spiro atoms. The van der Waals surface area contributed by atoms with Crippen LogP contribution in [-0.2, 0) is 29.1 Å². The van der Waals surface area contributed by atoms with Gasteiger partial charge in [0, 0.05) is 11.6 Å². The molecule has 2 aliphatic heterocycles. The van der Waals surface area contributed by atoms with Crippen LogP contribution in [0.5, 0.6) is 0 Å². The summed E-state index contributed by atoms with van der Waals surface area (Å²) in [4.78, 5) is 38.0. The van der Waals surface area contributed by atoms with Crippen molar-refractivity contribution >= 4 is 39.6 Å². The third-order valence-electron chi connectivity index (χ3n) is 5.73. The first-order valence-electron chi connectivity index (χ1n) is 11.2. The van der Waals surface area contributed by atoms with Gasteiger partial charge in [0.05, 0.1) is 29.0 Å². The van der Waals surface area contributed by atoms with Gasteiger partial charge >= 0.3 is 18.0 Å². The zero-order chi connectivity index (χ0) is 25.9. The number of furan rings is 1. The van der Waals surface area contributed by atoms with Crippen molar-refractivity contribution < 1.29 is 36.7 Å². The highest BCUT2D eigenvalue weighted by Crippen LogP contribution is 2.30. The van der Waals surface area contributed by atoms with Gasteiger partial charge in [-0.2, -0.15) is 4.31 Å². The largest absolute Gasteiger partial charge is 0.467 e. The standard InChI is InChI=1S/C23H24ClN3O8S/c1-2-33-22(29)19-16(25-23(30)26-20(19)18-6-4-12-34-18)13-35-21(28)17-5-3-11-27(17)36(31,32)15-9-7-14(24)8-10-15/h4,6-10,12,17,20H,2-3,5,11,13H2,1H3,(H2,25,26,30)/t17-,20-/m0/s1. The van der Waals surface area contributed by atoms with Crippen LogP contribution in [0.2, 0.25) is 5.02 Å². The van der Waals surface area contributed by atoms with Gasteiger partial charge in [-0.1, -0.05) is 11.6 Å². The summed E-state index contributed by atoms with van der Waals surface area (Å²) in [5.41, 5.74) is 0.0216. The number of benzene rings is 1. The second-order valence-corrected chi connectivity index (χ2v) is 10.3. The van der Waals surface area contributed by atoms with Gasteiger partial charge < -0.3 is 24.5 Å². The Balaban J connectivity index is 1.56. The van der Waals surface area contributed by atoms with Crippen LogP contribution in [0.3, 0.4) is 0 Å². The second-order valence-electron chi connectivity index (χ2n) is 8.00. The summed E-state index contributed by atoms with van der Waals surface area (Å²) >= 11 is 5.86. The molecule has 0 saturated carbocycles. The number of nitrogens with zero attached hydrogens (tertiary/aromatic N) is 1. The fourth-order valence-electron chi connectivity index (χ4n) is 4.10. The van der Waals surface area contributed by atoms with Crippen molar-refractivity contribution in [3.8, 4) is 0 Å². The van der Waals surface area contributed by atoms with Crippen LogP contribution >= 0.6 is 11.6 Å². The lowest BCUT2D eigenvalue weighted by molar-refractivity contribution is -0.147. The predicted molar refractivity (Wildman–Crippen MR) is 126 cm³/mol. The molecule has 4 rings (SSSR count). The van der Waals surface area contributed by atoms with Gasteiger partial charge in [0.25, 0.3) is 0 Å². The molecular weight excluding hydrogens is 514 g/mol. The normalized spacial score (nSPS) is 20.6. The van der Waals surface area contributed by atoms with Gasteiger partial charge in [-0.3, -0.25) is 4.79 Å². The summed E-state index contributed by atoms with van der Waals surface area (Å²) in [6.45, 7) is 1.37. The Bertz CT molecular complexity index is 1270. The summed E-state index contributed by atoms with van der Waals surface area (Å²) in [5.74, 6) is -1.25. The minimum atomic E-state index is -3.98. The van der Waals surface area contributed by atoms with E-state index in [2.05, 4.69) is 10.6 Å². The molecule has 1 aromatic heterocycles. The maximum atomic E-state index is 13.1. The number of carbonyl (C=O) groups is 3. The Morgan fingerprint density at radius 3 is 2.61 bits per heavy atom. The number of hydrogen-bond donors (Lipinski definition) is 2. The number of halogens is 1. The van der Waals surface area contributed by atoms with E-state index in [4.69, 9.17) is 25.5 Å². The molecule has 13 heteroatoms. The Morgan fingerprint density at radius 2 is 1.94 bits per heavy atom. The van der Waals surface area contributed by atoms with Crippen molar-refractivity contribution in [3.05, 3.63) is 64.7 Å². The maximum absolute atomic E-state index is 13.1. The number of nitrogens with one attached hydrogen (secondary N) is 2. The lowest BCUT2D eigenvalue weighted by Crippen LogP contribution is -2.47. The molecule has 0 aliphatic carbocycles. The van der Waals surface area contributed by atoms with E-state index >= 15 is 0 Å². The van der Waals surface area contributed by atoms with Crippen molar-refractivity contribution in [1.29, 1.82) is 0 Å². The molecule has 0 radical (unpaired) electrons. The Morgan fingerprint density at radius 1 is 1.19 bits per heavy atom. The van der Waals surface area contributed by atoms with Crippen LogP contribution in [0.15, 0.2) is 63.2 Å². The van der Waals surface area contributed by atoms with Gasteiger partial charge in [0.15, 0.2) is 0 Å². The van der Waals surface area contributed by atoms with Gasteiger partial charge in [-0.25, -0.2) is 18.0 Å². The van der Waals surface area contributed by atoms with E-state index in [0.717, 1.165) is 4.31 Å². The Kier molecular flexibility index (Phi) is 7.67. The molecule has 0 unspecified atom stereocenters. The van der Waals surface area contributed by atoms with E-state index in [1.807, 2.05) is 0 Å². The zero-order valence-electron chi connectivity index (χ0n) is 19.2. The predicted octanol–water partition coefficient (Wildman–Crippen LogP) is 2.50. The molecule has 2 aliphatic rings. The summed E-state index contributed by atoms with van der Waals surface area (Å²) < 4.78 is 43.3. The fraction of sp³-hybridized carbons (Fsp3) is 0.348. The third-order valence-corrected chi connectivity index (χ3v) is 7.91. The van der Waals surface area contributed by atoms with Crippen LogP contribution < -0.4 is 10.6 Å². The molecule has 1 aromatic carbocycles. The molecule has 2 amide bonds. The van der Waals surface area contributed by atoms with Crippen molar-refractivity contribution in [3.63, 3.8) is 0 Å². The second kappa shape index (κ2) is 10.7. The summed E-state index contributed by atoms with van der Waals surface area (Å²) in [7, 11) is -3.98. The highest BCUT2D eigenvalue weighted by Gasteiger charge is 2.41. The molecule has 2 aromatic rings. The molecule has 1 fully saturated rings. The molecule has 3 heterocycles. The zero-order valence-corrected chi connectivity index (χ0v) is 20.8. The van der Waals surface area contributed by atoms with E-state index in [9.17, 15) is 22.8 Å². The molecule has 192 valence electrons. The first kappa shape index (κ1) is 25.7. The molecule has 11 nitrogen and oxygen atoms in total. The lowest BCUT2D eigenvalue weighted by Gasteiger charge is -2.28. The number of sulfonamides is 1. The van der Waals surface area contributed by atoms with E-state index in [0.29, 0.717) is 11.4 Å². The van der Waals surface area contributed by atoms with E-state index in [1.54, 1.807) is 19.1 Å². The lowest BCUT2D eigenvalue weighted by atomic mass is 10.0. The topological polar surface area (TPSA) is 144 Å². The van der Waals surface area contributed by atoms with Crippen LogP contribution in [0, 0.1) is 0 Å². The molecule has 2 N–H and O–H groups in total. The first-order valence-corrected chi connectivity index (χ1v) is 13.0. The maximum Gasteiger partial charge on any atom is 0.338 e. The highest BCUT2D eigenvalue weighted by molar-refractivity contribution is 7.89. The number of amides is 2. The number of urea groups is 1. The number of rotatable bonds is 8. The van der Waals surface area contributed by atoms with Crippen molar-refractivity contribution in [2.45, 2.75) is 36.7 Å². The molecule has 0 bridgehead atoms. The average Bonchev–Trinajstić information content (AvgIpc) is 3.55. The number of esters is 2. The van der Waals surface area contributed by atoms with Gasteiger partial charge in [-0.15, -0.1) is 0 Å². The van der Waals surface area contributed by atoms with Crippen LogP contribution in [0.4, 0.5) is 4.79 Å². The molecule has 1 saturated heterocycles. The molecular formula is C23H24ClN3O8S. The van der Waals surface area contributed by atoms with Crippen LogP contribution in [-0.4, -0.2) is 56.5 Å². The van der Waals surface area contributed by atoms with Crippen LogP contribution in [0.25, 0.3) is 0 Å². The fourth-order valence-corrected chi connectivity index (χ4v) is 5.87. The number of carbonyl (C=O) groups excluding carboxylic acids is 3. The molecule has 36 heavy (non-hydrogen) atoms. The van der Waals surface area contributed by atoms with Crippen molar-refractivity contribution in [2.75, 3.05) is 19.8 Å².